The third-order valence-electron chi connectivity index (χ3n) is 4.67. The maximum atomic E-state index is 12.6. The smallest absolute Gasteiger partial charge is 0.263 e. The maximum absolute atomic E-state index is 12.6. The highest BCUT2D eigenvalue weighted by Crippen LogP contribution is 2.48. The molecular weight excluding hydrogens is 330 g/mol. The van der Waals surface area contributed by atoms with Crippen LogP contribution in [-0.2, 0) is 6.54 Å². The zero-order chi connectivity index (χ0) is 18.7. The van der Waals surface area contributed by atoms with Crippen LogP contribution in [0.15, 0.2) is 47.4 Å². The van der Waals surface area contributed by atoms with Crippen LogP contribution in [0.25, 0.3) is 0 Å². The van der Waals surface area contributed by atoms with Gasteiger partial charge in [-0.3, -0.25) is 14.4 Å². The number of carbonyl (C=O) groups excluding carboxylic acids is 2. The molecule has 6 nitrogen and oxygen atoms in total. The number of amides is 1. The molecule has 1 fully saturated rings. The van der Waals surface area contributed by atoms with Crippen molar-refractivity contribution in [3.8, 4) is 6.07 Å². The number of rotatable bonds is 6. The summed E-state index contributed by atoms with van der Waals surface area (Å²) in [5.41, 5.74) is 0.0608. The lowest BCUT2D eigenvalue weighted by atomic mass is 9.97. The van der Waals surface area contributed by atoms with E-state index in [0.717, 1.165) is 5.56 Å². The summed E-state index contributed by atoms with van der Waals surface area (Å²) < 4.78 is 1.37. The highest BCUT2D eigenvalue weighted by atomic mass is 16.2. The summed E-state index contributed by atoms with van der Waals surface area (Å²) in [7, 11) is 1.44. The summed E-state index contributed by atoms with van der Waals surface area (Å²) in [6, 6.07) is 12.9. The molecule has 0 aliphatic heterocycles. The summed E-state index contributed by atoms with van der Waals surface area (Å²) in [6.07, 6.45) is 3.01. The number of hydrogen-bond acceptors (Lipinski definition) is 4. The predicted octanol–water partition coefficient (Wildman–Crippen LogP) is 2.13. The van der Waals surface area contributed by atoms with Gasteiger partial charge in [0.25, 0.3) is 11.5 Å². The first-order valence-corrected chi connectivity index (χ1v) is 8.43. The highest BCUT2D eigenvalue weighted by molar-refractivity contribution is 6.00. The number of benzene rings is 1. The minimum Gasteiger partial charge on any atom is -0.355 e. The zero-order valence-corrected chi connectivity index (χ0v) is 14.5. The van der Waals surface area contributed by atoms with Crippen LogP contribution < -0.4 is 10.9 Å². The Bertz CT molecular complexity index is 951. The van der Waals surface area contributed by atoms with E-state index >= 15 is 0 Å². The lowest BCUT2D eigenvalue weighted by Crippen LogP contribution is -2.32. The Balaban J connectivity index is 2.00. The number of nitriles is 1. The molecule has 6 heteroatoms. The topological polar surface area (TPSA) is 92.0 Å². The van der Waals surface area contributed by atoms with E-state index in [9.17, 15) is 19.6 Å². The second kappa shape index (κ2) is 6.96. The van der Waals surface area contributed by atoms with Gasteiger partial charge in [-0.25, -0.2) is 0 Å². The van der Waals surface area contributed by atoms with Crippen molar-refractivity contribution in [1.82, 2.24) is 9.88 Å². The molecule has 26 heavy (non-hydrogen) atoms. The molecule has 1 saturated carbocycles. The fraction of sp³-hybridized carbons (Fsp3) is 0.300. The molecule has 132 valence electrons. The Morgan fingerprint density at radius 1 is 1.27 bits per heavy atom. The largest absolute Gasteiger partial charge is 0.355 e. The molecule has 3 rings (SSSR count). The van der Waals surface area contributed by atoms with Gasteiger partial charge in [0.05, 0.1) is 18.0 Å². The lowest BCUT2D eigenvalue weighted by molar-refractivity contribution is 0.0961. The van der Waals surface area contributed by atoms with Crippen LogP contribution in [0.3, 0.4) is 0 Å². The third kappa shape index (κ3) is 3.57. The van der Waals surface area contributed by atoms with Gasteiger partial charge in [0.2, 0.25) is 0 Å². The average molecular weight is 349 g/mol. The second-order valence-electron chi connectivity index (χ2n) is 6.63. The summed E-state index contributed by atoms with van der Waals surface area (Å²) >= 11 is 0. The van der Waals surface area contributed by atoms with E-state index in [-0.39, 0.29) is 29.9 Å². The quantitative estimate of drug-likeness (QED) is 0.809. The van der Waals surface area contributed by atoms with Gasteiger partial charge in [-0.1, -0.05) is 30.3 Å². The first-order valence-electron chi connectivity index (χ1n) is 8.43. The maximum Gasteiger partial charge on any atom is 0.263 e. The number of hydrogen-bond donors (Lipinski definition) is 1. The monoisotopic (exact) mass is 349 g/mol. The van der Waals surface area contributed by atoms with Gasteiger partial charge in [0.15, 0.2) is 5.78 Å². The number of nitrogens with one attached hydrogen (secondary N) is 1. The van der Waals surface area contributed by atoms with Crippen molar-refractivity contribution >= 4 is 11.7 Å². The number of aromatic nitrogens is 1. The summed E-state index contributed by atoms with van der Waals surface area (Å²) in [4.78, 5) is 37.4. The lowest BCUT2D eigenvalue weighted by Gasteiger charge is -2.12. The van der Waals surface area contributed by atoms with Gasteiger partial charge in [0.1, 0.15) is 5.56 Å². The summed E-state index contributed by atoms with van der Waals surface area (Å²) in [6.45, 7) is 0.258. The Morgan fingerprint density at radius 3 is 2.54 bits per heavy atom. The van der Waals surface area contributed by atoms with Gasteiger partial charge in [-0.05, 0) is 24.5 Å². The van der Waals surface area contributed by atoms with Crippen LogP contribution in [0.5, 0.6) is 0 Å². The molecule has 0 radical (unpaired) electrons. The van der Waals surface area contributed by atoms with Crippen molar-refractivity contribution in [2.45, 2.75) is 25.8 Å². The molecule has 2 aromatic rings. The van der Waals surface area contributed by atoms with Crippen molar-refractivity contribution in [2.75, 3.05) is 7.05 Å². The van der Waals surface area contributed by atoms with Gasteiger partial charge in [-0.2, -0.15) is 5.26 Å². The van der Waals surface area contributed by atoms with E-state index in [4.69, 9.17) is 0 Å². The van der Waals surface area contributed by atoms with E-state index in [0.29, 0.717) is 12.8 Å². The molecule has 1 aliphatic carbocycles. The zero-order valence-electron chi connectivity index (χ0n) is 14.5. The van der Waals surface area contributed by atoms with E-state index < -0.39 is 16.9 Å². The molecule has 0 unspecified atom stereocenters. The summed E-state index contributed by atoms with van der Waals surface area (Å²) in [5.74, 6) is -0.760. The number of Topliss-reactive ketones (excluding diaryl/α,β-unsaturated/α-hetero) is 1. The molecule has 1 N–H and O–H groups in total. The number of ketones is 1. The molecule has 0 spiro atoms. The minimum atomic E-state index is -0.579. The van der Waals surface area contributed by atoms with E-state index in [2.05, 4.69) is 11.4 Å². The number of nitrogens with zero attached hydrogens (tertiary/aromatic N) is 2. The number of carbonyl (C=O) groups is 2. The Morgan fingerprint density at radius 2 is 1.96 bits per heavy atom. The molecule has 1 aromatic heterocycles. The van der Waals surface area contributed by atoms with Crippen molar-refractivity contribution < 1.29 is 9.59 Å². The van der Waals surface area contributed by atoms with E-state index in [1.165, 1.54) is 23.9 Å². The molecule has 1 aliphatic rings. The number of pyridine rings is 1. The third-order valence-corrected chi connectivity index (χ3v) is 4.67. The average Bonchev–Trinajstić information content (AvgIpc) is 3.43. The molecule has 0 bridgehead atoms. The Hall–Kier alpha value is -3.20. The second-order valence-corrected chi connectivity index (χ2v) is 6.63. The van der Waals surface area contributed by atoms with E-state index in [1.807, 2.05) is 30.3 Å². The van der Waals surface area contributed by atoms with Crippen molar-refractivity contribution in [2.24, 2.45) is 5.41 Å². The van der Waals surface area contributed by atoms with Crippen LogP contribution in [0, 0.1) is 16.7 Å². The van der Waals surface area contributed by atoms with Crippen LogP contribution >= 0.6 is 0 Å². The van der Waals surface area contributed by atoms with Gasteiger partial charge < -0.3 is 9.88 Å². The SMILES string of the molecule is CNC(=O)c1cc(C(=O)CC2(C#N)CC2)cn(Cc2ccccc2)c1=O. The molecule has 1 heterocycles. The van der Waals surface area contributed by atoms with Crippen LogP contribution in [0.4, 0.5) is 0 Å². The first kappa shape index (κ1) is 17.6. The van der Waals surface area contributed by atoms with Crippen molar-refractivity contribution in [3.05, 3.63) is 69.6 Å². The van der Waals surface area contributed by atoms with Crippen molar-refractivity contribution in [3.63, 3.8) is 0 Å². The Labute approximate surface area is 151 Å². The first-order chi connectivity index (χ1) is 12.5. The fourth-order valence-corrected chi connectivity index (χ4v) is 2.87. The highest BCUT2D eigenvalue weighted by Gasteiger charge is 2.45. The molecule has 1 amide bonds. The molecular formula is C20H19N3O3. The molecule has 0 saturated heterocycles. The minimum absolute atomic E-state index is 0.0731. The van der Waals surface area contributed by atoms with E-state index in [1.54, 1.807) is 0 Å². The molecule has 0 atom stereocenters. The van der Waals surface area contributed by atoms with Gasteiger partial charge in [0, 0.05) is 25.2 Å². The normalized spacial score (nSPS) is 14.3. The van der Waals surface area contributed by atoms with Gasteiger partial charge in [-0.15, -0.1) is 0 Å². The van der Waals surface area contributed by atoms with Gasteiger partial charge >= 0.3 is 0 Å². The molecule has 1 aromatic carbocycles. The van der Waals surface area contributed by atoms with Crippen molar-refractivity contribution in [1.29, 1.82) is 5.26 Å². The fourth-order valence-electron chi connectivity index (χ4n) is 2.87. The predicted molar refractivity (Wildman–Crippen MR) is 95.9 cm³/mol. The van der Waals surface area contributed by atoms with Crippen LogP contribution in [-0.4, -0.2) is 23.3 Å². The van der Waals surface area contributed by atoms with Crippen LogP contribution in [0.1, 0.15) is 45.5 Å². The van der Waals surface area contributed by atoms with Crippen LogP contribution in [0.2, 0.25) is 0 Å². The Kier molecular flexibility index (Phi) is 4.72. The standard InChI is InChI=1S/C20H19N3O3/c1-22-18(25)16-9-15(17(24)10-20(13-21)7-8-20)12-23(19(16)26)11-14-5-3-2-4-6-14/h2-6,9,12H,7-8,10-11H2,1H3,(H,22,25). The summed E-state index contributed by atoms with van der Waals surface area (Å²) in [5, 5.41) is 11.6.